The number of hydrogen-bond acceptors (Lipinski definition) is 3. The summed E-state index contributed by atoms with van der Waals surface area (Å²) in [6.45, 7) is 12.7. The highest BCUT2D eigenvalue weighted by atomic mass is 79.9. The fourth-order valence-electron chi connectivity index (χ4n) is 3.18. The highest BCUT2D eigenvalue weighted by molar-refractivity contribution is 9.10. The number of hydrogen-bond donors (Lipinski definition) is 1. The van der Waals surface area contributed by atoms with Crippen LogP contribution in [0.15, 0.2) is 15.9 Å². The second-order valence-electron chi connectivity index (χ2n) is 6.27. The smallest absolute Gasteiger partial charge is 0.0335 e. The highest BCUT2D eigenvalue weighted by Gasteiger charge is 2.39. The molecule has 2 heterocycles. The lowest BCUT2D eigenvalue weighted by Gasteiger charge is -2.50. The molecule has 1 saturated heterocycles. The van der Waals surface area contributed by atoms with Crippen molar-refractivity contribution in [1.29, 1.82) is 0 Å². The summed E-state index contributed by atoms with van der Waals surface area (Å²) in [5.41, 5.74) is 0.321. The number of nitrogens with zero attached hydrogens (tertiary/aromatic N) is 1. The van der Waals surface area contributed by atoms with Gasteiger partial charge in [0.25, 0.3) is 0 Å². The summed E-state index contributed by atoms with van der Waals surface area (Å²) in [5, 5.41) is 5.98. The molecule has 0 saturated carbocycles. The molecule has 1 aliphatic rings. The van der Waals surface area contributed by atoms with Crippen molar-refractivity contribution >= 4 is 27.3 Å². The number of halogens is 1. The van der Waals surface area contributed by atoms with Gasteiger partial charge in [0.1, 0.15) is 0 Å². The summed E-state index contributed by atoms with van der Waals surface area (Å²) in [4.78, 5) is 4.19. The Morgan fingerprint density at radius 3 is 2.65 bits per heavy atom. The van der Waals surface area contributed by atoms with Crippen LogP contribution in [-0.4, -0.2) is 29.6 Å². The van der Waals surface area contributed by atoms with E-state index >= 15 is 0 Å². The first-order chi connectivity index (χ1) is 9.50. The van der Waals surface area contributed by atoms with Crippen molar-refractivity contribution in [2.24, 2.45) is 5.92 Å². The summed E-state index contributed by atoms with van der Waals surface area (Å²) in [6, 6.07) is 2.89. The lowest BCUT2D eigenvalue weighted by Crippen LogP contribution is -2.64. The van der Waals surface area contributed by atoms with Gasteiger partial charge in [-0.3, -0.25) is 4.90 Å². The molecule has 1 fully saturated rings. The van der Waals surface area contributed by atoms with Crippen molar-refractivity contribution in [3.8, 4) is 0 Å². The van der Waals surface area contributed by atoms with Gasteiger partial charge in [-0.05, 0) is 40.8 Å². The summed E-state index contributed by atoms with van der Waals surface area (Å²) in [7, 11) is 0. The Hall–Kier alpha value is 0.1000. The van der Waals surface area contributed by atoms with Gasteiger partial charge in [0, 0.05) is 45.9 Å². The minimum absolute atomic E-state index is 0.321. The van der Waals surface area contributed by atoms with E-state index < -0.39 is 0 Å². The molecule has 2 rings (SSSR count). The van der Waals surface area contributed by atoms with Gasteiger partial charge < -0.3 is 5.32 Å². The molecule has 1 aromatic rings. The Bertz CT molecular complexity index is 426. The van der Waals surface area contributed by atoms with Gasteiger partial charge in [0.05, 0.1) is 0 Å². The number of nitrogens with one attached hydrogen (secondary N) is 1. The Morgan fingerprint density at radius 2 is 2.15 bits per heavy atom. The van der Waals surface area contributed by atoms with Crippen LogP contribution in [0.3, 0.4) is 0 Å². The molecule has 0 radical (unpaired) electrons. The summed E-state index contributed by atoms with van der Waals surface area (Å²) in [6.07, 6.45) is 2.43. The van der Waals surface area contributed by atoms with E-state index in [1.165, 1.54) is 22.2 Å². The Balaban J connectivity index is 2.17. The zero-order valence-corrected chi connectivity index (χ0v) is 15.5. The first-order valence-electron chi connectivity index (χ1n) is 7.72. The number of rotatable bonds is 5. The first-order valence-corrected chi connectivity index (χ1v) is 9.39. The van der Waals surface area contributed by atoms with Crippen molar-refractivity contribution in [3.63, 3.8) is 0 Å². The van der Waals surface area contributed by atoms with E-state index in [2.05, 4.69) is 65.3 Å². The van der Waals surface area contributed by atoms with Crippen LogP contribution in [0.5, 0.6) is 0 Å². The molecular weight excluding hydrogens is 332 g/mol. The molecule has 1 atom stereocenters. The quantitative estimate of drug-likeness (QED) is 0.833. The van der Waals surface area contributed by atoms with Crippen molar-refractivity contribution < 1.29 is 0 Å². The van der Waals surface area contributed by atoms with E-state index in [9.17, 15) is 0 Å². The molecule has 4 heteroatoms. The summed E-state index contributed by atoms with van der Waals surface area (Å²) >= 11 is 5.44. The fraction of sp³-hybridized carbons (Fsp3) is 0.750. The van der Waals surface area contributed by atoms with E-state index in [-0.39, 0.29) is 0 Å². The van der Waals surface area contributed by atoms with E-state index in [1.54, 1.807) is 0 Å². The van der Waals surface area contributed by atoms with Gasteiger partial charge in [-0.15, -0.1) is 11.3 Å². The topological polar surface area (TPSA) is 15.3 Å². The Kier molecular flexibility index (Phi) is 5.69. The van der Waals surface area contributed by atoms with Crippen molar-refractivity contribution in [1.82, 2.24) is 10.2 Å². The molecule has 0 aliphatic carbocycles. The molecule has 1 aromatic heterocycles. The average Bonchev–Trinajstić information content (AvgIpc) is 2.84. The Morgan fingerprint density at radius 1 is 1.45 bits per heavy atom. The molecule has 114 valence electrons. The third-order valence-corrected chi connectivity index (χ3v) is 6.55. The van der Waals surface area contributed by atoms with Gasteiger partial charge in [-0.2, -0.15) is 0 Å². The maximum atomic E-state index is 3.78. The van der Waals surface area contributed by atoms with Crippen molar-refractivity contribution in [2.45, 2.75) is 58.7 Å². The average molecular weight is 359 g/mol. The second-order valence-corrected chi connectivity index (χ2v) is 8.19. The van der Waals surface area contributed by atoms with Crippen LogP contribution >= 0.6 is 27.3 Å². The van der Waals surface area contributed by atoms with Crippen LogP contribution in [0.4, 0.5) is 0 Å². The minimum atomic E-state index is 0.321. The molecule has 1 unspecified atom stereocenters. The van der Waals surface area contributed by atoms with Gasteiger partial charge in [-0.25, -0.2) is 0 Å². The molecular formula is C16H27BrN2S. The van der Waals surface area contributed by atoms with Crippen LogP contribution in [0.1, 0.15) is 45.4 Å². The SMILES string of the molecule is CCC1(CC)CNC(C(C)C)CN1Cc1cc(Br)cs1. The standard InChI is InChI=1S/C16H27BrN2S/c1-5-16(6-2)11-18-15(12(3)4)9-19(16)8-14-7-13(17)10-20-14/h7,10,12,15,18H,5-6,8-9,11H2,1-4H3. The molecule has 0 spiro atoms. The van der Waals surface area contributed by atoms with Crippen LogP contribution in [0.25, 0.3) is 0 Å². The van der Waals surface area contributed by atoms with Gasteiger partial charge in [0.15, 0.2) is 0 Å². The number of piperazine rings is 1. The van der Waals surface area contributed by atoms with Gasteiger partial charge in [0.2, 0.25) is 0 Å². The monoisotopic (exact) mass is 358 g/mol. The van der Waals surface area contributed by atoms with Gasteiger partial charge >= 0.3 is 0 Å². The van der Waals surface area contributed by atoms with Crippen molar-refractivity contribution in [3.05, 3.63) is 20.8 Å². The first kappa shape index (κ1) is 16.5. The van der Waals surface area contributed by atoms with E-state index in [0.29, 0.717) is 17.5 Å². The van der Waals surface area contributed by atoms with Crippen LogP contribution in [-0.2, 0) is 6.54 Å². The van der Waals surface area contributed by atoms with E-state index in [4.69, 9.17) is 0 Å². The normalized spacial score (nSPS) is 23.4. The second kappa shape index (κ2) is 6.91. The van der Waals surface area contributed by atoms with E-state index in [1.807, 2.05) is 11.3 Å². The highest BCUT2D eigenvalue weighted by Crippen LogP contribution is 2.31. The zero-order chi connectivity index (χ0) is 14.8. The summed E-state index contributed by atoms with van der Waals surface area (Å²) in [5.74, 6) is 0.694. The molecule has 1 aliphatic heterocycles. The molecule has 1 N–H and O–H groups in total. The lowest BCUT2D eigenvalue weighted by atomic mass is 9.85. The van der Waals surface area contributed by atoms with Crippen LogP contribution < -0.4 is 5.32 Å². The fourth-order valence-corrected chi connectivity index (χ4v) is 4.64. The third kappa shape index (κ3) is 3.46. The summed E-state index contributed by atoms with van der Waals surface area (Å²) < 4.78 is 1.21. The maximum absolute atomic E-state index is 3.78. The van der Waals surface area contributed by atoms with Crippen LogP contribution in [0.2, 0.25) is 0 Å². The predicted molar refractivity (Wildman–Crippen MR) is 92.4 cm³/mol. The molecule has 0 bridgehead atoms. The van der Waals surface area contributed by atoms with Gasteiger partial charge in [-0.1, -0.05) is 27.7 Å². The zero-order valence-electron chi connectivity index (χ0n) is 13.1. The predicted octanol–water partition coefficient (Wildman–Crippen LogP) is 4.50. The minimum Gasteiger partial charge on any atom is -0.311 e. The largest absolute Gasteiger partial charge is 0.311 e. The molecule has 0 amide bonds. The molecule has 2 nitrogen and oxygen atoms in total. The lowest BCUT2D eigenvalue weighted by molar-refractivity contribution is 0.0164. The Labute approximate surface area is 136 Å². The third-order valence-electron chi connectivity index (χ3n) is 4.87. The molecule has 20 heavy (non-hydrogen) atoms. The maximum Gasteiger partial charge on any atom is 0.0335 e. The van der Waals surface area contributed by atoms with E-state index in [0.717, 1.165) is 19.6 Å². The number of thiophene rings is 1. The molecule has 0 aromatic carbocycles. The van der Waals surface area contributed by atoms with Crippen LogP contribution in [0, 0.1) is 5.92 Å². The van der Waals surface area contributed by atoms with Crippen molar-refractivity contribution in [2.75, 3.05) is 13.1 Å².